The second-order valence-corrected chi connectivity index (χ2v) is 8.67. The third kappa shape index (κ3) is 3.91. The zero-order valence-corrected chi connectivity index (χ0v) is 15.3. The third-order valence-corrected chi connectivity index (χ3v) is 6.51. The van der Waals surface area contributed by atoms with Gasteiger partial charge in [-0.1, -0.05) is 0 Å². The Hall–Kier alpha value is -1.15. The molecule has 2 aliphatic rings. The lowest BCUT2D eigenvalue weighted by molar-refractivity contribution is 0.179. The highest BCUT2D eigenvalue weighted by molar-refractivity contribution is 7.89. The molecule has 0 aliphatic carbocycles. The fourth-order valence-electron chi connectivity index (χ4n) is 3.39. The summed E-state index contributed by atoms with van der Waals surface area (Å²) in [6, 6.07) is 7.09. The molecule has 24 heavy (non-hydrogen) atoms. The van der Waals surface area contributed by atoms with Gasteiger partial charge in [0.05, 0.1) is 11.0 Å². The van der Waals surface area contributed by atoms with Gasteiger partial charge in [0.2, 0.25) is 10.0 Å². The summed E-state index contributed by atoms with van der Waals surface area (Å²) in [7, 11) is -3.42. The smallest absolute Gasteiger partial charge is 0.243 e. The van der Waals surface area contributed by atoms with E-state index >= 15 is 0 Å². The van der Waals surface area contributed by atoms with Gasteiger partial charge in [-0.05, 0) is 44.5 Å². The molecule has 2 aliphatic heterocycles. The molecule has 1 atom stereocenters. The van der Waals surface area contributed by atoms with Crippen LogP contribution in [-0.4, -0.2) is 69.0 Å². The van der Waals surface area contributed by atoms with Gasteiger partial charge >= 0.3 is 0 Å². The predicted molar refractivity (Wildman–Crippen MR) is 93.8 cm³/mol. The Labute approximate surface area is 144 Å². The highest BCUT2D eigenvalue weighted by atomic mass is 32.2. The van der Waals surface area contributed by atoms with Crippen LogP contribution in [0.15, 0.2) is 29.2 Å². The standard InChI is InChI=1S/C17H27N3O3S/c1-14(2)23-16-3-5-17(6-4-16)24(21,22)20-10-7-15(13-20)19-11-8-18-9-12-19/h3-6,14-15,18H,7-13H2,1-2H3. The Kier molecular flexibility index (Phi) is 5.44. The van der Waals surface area contributed by atoms with Gasteiger partial charge in [-0.15, -0.1) is 0 Å². The van der Waals surface area contributed by atoms with E-state index in [9.17, 15) is 8.42 Å². The van der Waals surface area contributed by atoms with Crippen molar-refractivity contribution in [3.8, 4) is 5.75 Å². The summed E-state index contributed by atoms with van der Waals surface area (Å²) in [6.45, 7) is 9.06. The van der Waals surface area contributed by atoms with Gasteiger partial charge in [-0.3, -0.25) is 4.90 Å². The molecular formula is C17H27N3O3S. The molecule has 7 heteroatoms. The van der Waals surface area contributed by atoms with Crippen molar-refractivity contribution < 1.29 is 13.2 Å². The van der Waals surface area contributed by atoms with E-state index in [-0.39, 0.29) is 6.10 Å². The molecule has 0 bridgehead atoms. The van der Waals surface area contributed by atoms with Crippen molar-refractivity contribution in [3.63, 3.8) is 0 Å². The average molecular weight is 353 g/mol. The molecule has 2 heterocycles. The quantitative estimate of drug-likeness (QED) is 0.860. The first kappa shape index (κ1) is 17.7. The van der Waals surface area contributed by atoms with Crippen LogP contribution in [0.3, 0.4) is 0 Å². The second kappa shape index (κ2) is 7.39. The van der Waals surface area contributed by atoms with Crippen LogP contribution in [-0.2, 0) is 10.0 Å². The molecule has 1 aromatic carbocycles. The fourth-order valence-corrected chi connectivity index (χ4v) is 4.88. The van der Waals surface area contributed by atoms with E-state index in [1.165, 1.54) is 0 Å². The van der Waals surface area contributed by atoms with Crippen LogP contribution in [0, 0.1) is 0 Å². The molecule has 0 radical (unpaired) electrons. The molecule has 3 rings (SSSR count). The minimum absolute atomic E-state index is 0.0748. The minimum atomic E-state index is -3.42. The molecule has 1 N–H and O–H groups in total. The highest BCUT2D eigenvalue weighted by Crippen LogP contribution is 2.25. The van der Waals surface area contributed by atoms with Gasteiger partial charge in [-0.25, -0.2) is 8.42 Å². The molecule has 0 amide bonds. The maximum Gasteiger partial charge on any atom is 0.243 e. The summed E-state index contributed by atoms with van der Waals surface area (Å²) >= 11 is 0. The number of ether oxygens (including phenoxy) is 1. The van der Waals surface area contributed by atoms with E-state index in [1.807, 2.05) is 13.8 Å². The molecule has 2 fully saturated rings. The SMILES string of the molecule is CC(C)Oc1ccc(S(=O)(=O)N2CCC(N3CCNCC3)C2)cc1. The Morgan fingerprint density at radius 3 is 2.42 bits per heavy atom. The molecular weight excluding hydrogens is 326 g/mol. The lowest BCUT2D eigenvalue weighted by Gasteiger charge is -2.32. The normalized spacial score (nSPS) is 23.7. The number of nitrogens with one attached hydrogen (secondary N) is 1. The van der Waals surface area contributed by atoms with Crippen LogP contribution in [0.2, 0.25) is 0 Å². The van der Waals surface area contributed by atoms with Crippen LogP contribution in [0.1, 0.15) is 20.3 Å². The van der Waals surface area contributed by atoms with Crippen LogP contribution in [0.4, 0.5) is 0 Å². The molecule has 0 saturated carbocycles. The number of benzene rings is 1. The summed E-state index contributed by atoms with van der Waals surface area (Å²) in [6.07, 6.45) is 0.985. The summed E-state index contributed by atoms with van der Waals surface area (Å²) < 4.78 is 32.9. The van der Waals surface area contributed by atoms with Crippen LogP contribution < -0.4 is 10.1 Å². The lowest BCUT2D eigenvalue weighted by atomic mass is 10.2. The van der Waals surface area contributed by atoms with E-state index < -0.39 is 10.0 Å². The first-order valence-electron chi connectivity index (χ1n) is 8.68. The monoisotopic (exact) mass is 353 g/mol. The van der Waals surface area contributed by atoms with Crippen molar-refractivity contribution in [2.24, 2.45) is 0 Å². The number of hydrogen-bond acceptors (Lipinski definition) is 5. The average Bonchev–Trinajstić information content (AvgIpc) is 3.06. The molecule has 2 saturated heterocycles. The van der Waals surface area contributed by atoms with Crippen molar-refractivity contribution in [1.82, 2.24) is 14.5 Å². The number of rotatable bonds is 5. The Morgan fingerprint density at radius 1 is 1.12 bits per heavy atom. The van der Waals surface area contributed by atoms with E-state index in [1.54, 1.807) is 28.6 Å². The number of nitrogens with zero attached hydrogens (tertiary/aromatic N) is 2. The van der Waals surface area contributed by atoms with Crippen molar-refractivity contribution in [2.75, 3.05) is 39.3 Å². The molecule has 0 spiro atoms. The highest BCUT2D eigenvalue weighted by Gasteiger charge is 2.35. The van der Waals surface area contributed by atoms with Crippen LogP contribution >= 0.6 is 0 Å². The van der Waals surface area contributed by atoms with Crippen molar-refractivity contribution in [1.29, 1.82) is 0 Å². The van der Waals surface area contributed by atoms with Crippen LogP contribution in [0.5, 0.6) is 5.75 Å². The van der Waals surface area contributed by atoms with Gasteiger partial charge < -0.3 is 10.1 Å². The zero-order chi connectivity index (χ0) is 17.2. The van der Waals surface area contributed by atoms with Crippen LogP contribution in [0.25, 0.3) is 0 Å². The lowest BCUT2D eigenvalue weighted by Crippen LogP contribution is -2.49. The Balaban J connectivity index is 1.67. The van der Waals surface area contributed by atoms with Crippen molar-refractivity contribution in [2.45, 2.75) is 37.3 Å². The number of piperazine rings is 1. The fraction of sp³-hybridized carbons (Fsp3) is 0.647. The topological polar surface area (TPSA) is 61.9 Å². The van der Waals surface area contributed by atoms with E-state index in [0.29, 0.717) is 29.8 Å². The molecule has 6 nitrogen and oxygen atoms in total. The number of hydrogen-bond donors (Lipinski definition) is 1. The maximum absolute atomic E-state index is 12.9. The van der Waals surface area contributed by atoms with E-state index in [4.69, 9.17) is 4.74 Å². The first-order valence-corrected chi connectivity index (χ1v) is 10.1. The molecule has 0 aromatic heterocycles. The second-order valence-electron chi connectivity index (χ2n) is 6.73. The summed E-state index contributed by atoms with van der Waals surface area (Å²) in [5.74, 6) is 0.698. The number of sulfonamides is 1. The Morgan fingerprint density at radius 2 is 1.79 bits per heavy atom. The van der Waals surface area contributed by atoms with Crippen molar-refractivity contribution in [3.05, 3.63) is 24.3 Å². The summed E-state index contributed by atoms with van der Waals surface area (Å²) in [5, 5.41) is 3.34. The van der Waals surface area contributed by atoms with Crippen molar-refractivity contribution >= 4 is 10.0 Å². The summed E-state index contributed by atoms with van der Waals surface area (Å²) in [5.41, 5.74) is 0. The van der Waals surface area contributed by atoms with Gasteiger partial charge in [0.1, 0.15) is 5.75 Å². The predicted octanol–water partition coefficient (Wildman–Crippen LogP) is 1.14. The molecule has 1 aromatic rings. The Bertz CT molecular complexity index is 640. The van der Waals surface area contributed by atoms with E-state index in [2.05, 4.69) is 10.2 Å². The first-order chi connectivity index (χ1) is 11.5. The van der Waals surface area contributed by atoms with Gasteiger partial charge in [0.25, 0.3) is 0 Å². The third-order valence-electron chi connectivity index (χ3n) is 4.63. The zero-order valence-electron chi connectivity index (χ0n) is 14.4. The minimum Gasteiger partial charge on any atom is -0.491 e. The largest absolute Gasteiger partial charge is 0.491 e. The summed E-state index contributed by atoms with van der Waals surface area (Å²) in [4.78, 5) is 2.76. The van der Waals surface area contributed by atoms with E-state index in [0.717, 1.165) is 32.6 Å². The molecule has 1 unspecified atom stereocenters. The molecule has 134 valence electrons. The van der Waals surface area contributed by atoms with Gasteiger partial charge in [0.15, 0.2) is 0 Å². The van der Waals surface area contributed by atoms with Gasteiger partial charge in [0, 0.05) is 45.3 Å². The van der Waals surface area contributed by atoms with Gasteiger partial charge in [-0.2, -0.15) is 4.31 Å². The maximum atomic E-state index is 12.9.